The molecule has 0 aromatic heterocycles. The Morgan fingerprint density at radius 2 is 1.91 bits per heavy atom. The highest BCUT2D eigenvalue weighted by atomic mass is 32.2. The number of hydrogen-bond acceptors (Lipinski definition) is 5. The third-order valence-electron chi connectivity index (χ3n) is 3.84. The molecule has 2 aromatic carbocycles. The molecule has 1 aliphatic heterocycles. The first-order valence-electron chi connectivity index (χ1n) is 7.69. The van der Waals surface area contributed by atoms with Crippen molar-refractivity contribution in [3.8, 4) is 0 Å². The van der Waals surface area contributed by atoms with Crippen molar-refractivity contribution in [2.45, 2.75) is 16.2 Å². The molecule has 2 aromatic rings. The van der Waals surface area contributed by atoms with E-state index in [-0.39, 0.29) is 0 Å². The second kappa shape index (κ2) is 7.06. The van der Waals surface area contributed by atoms with Crippen LogP contribution in [0.15, 0.2) is 57.4 Å². The minimum absolute atomic E-state index is 0.906. The summed E-state index contributed by atoms with van der Waals surface area (Å²) in [6.07, 6.45) is 2.56. The molecular weight excluding hydrogens is 306 g/mol. The fourth-order valence-corrected chi connectivity index (χ4v) is 3.86. The van der Waals surface area contributed by atoms with Crippen molar-refractivity contribution >= 4 is 29.4 Å². The van der Waals surface area contributed by atoms with E-state index in [1.807, 2.05) is 6.07 Å². The van der Waals surface area contributed by atoms with Gasteiger partial charge in [0.25, 0.3) is 0 Å². The highest BCUT2D eigenvalue weighted by molar-refractivity contribution is 7.99. The van der Waals surface area contributed by atoms with Gasteiger partial charge in [-0.25, -0.2) is 0 Å². The average Bonchev–Trinajstić information content (AvgIpc) is 2.54. The number of fused-ring (bicyclic) bond motifs is 2. The number of hydrogen-bond donors (Lipinski definition) is 1. The maximum atomic E-state index is 8.80. The van der Waals surface area contributed by atoms with E-state index in [1.165, 1.54) is 27.4 Å². The lowest BCUT2D eigenvalue weighted by Crippen LogP contribution is -2.25. The Morgan fingerprint density at radius 1 is 1.13 bits per heavy atom. The normalized spacial score (nSPS) is 13.4. The van der Waals surface area contributed by atoms with Crippen LogP contribution in [0.3, 0.4) is 0 Å². The van der Waals surface area contributed by atoms with Gasteiger partial charge in [0.2, 0.25) is 0 Å². The van der Waals surface area contributed by atoms with Crippen molar-refractivity contribution in [2.75, 3.05) is 32.1 Å². The molecule has 0 unspecified atom stereocenters. The Kier molecular flexibility index (Phi) is 4.88. The molecule has 0 fully saturated rings. The number of rotatable bonds is 5. The SMILES string of the molecule is CN(C)CCCN1c2ccccc2Sc2ccc(/C=N/O)cc21. The van der Waals surface area contributed by atoms with E-state index in [0.717, 1.165) is 25.1 Å². The lowest BCUT2D eigenvalue weighted by atomic mass is 10.1. The summed E-state index contributed by atoms with van der Waals surface area (Å²) in [6, 6.07) is 14.7. The number of benzene rings is 2. The zero-order valence-electron chi connectivity index (χ0n) is 13.4. The Morgan fingerprint density at radius 3 is 2.70 bits per heavy atom. The third kappa shape index (κ3) is 3.51. The van der Waals surface area contributed by atoms with Gasteiger partial charge in [-0.3, -0.25) is 0 Å². The maximum absolute atomic E-state index is 8.80. The number of anilines is 2. The Bertz CT molecular complexity index is 715. The van der Waals surface area contributed by atoms with Gasteiger partial charge < -0.3 is 15.0 Å². The van der Waals surface area contributed by atoms with Gasteiger partial charge in [-0.05, 0) is 56.9 Å². The highest BCUT2D eigenvalue weighted by Gasteiger charge is 2.23. The molecule has 23 heavy (non-hydrogen) atoms. The predicted molar refractivity (Wildman–Crippen MR) is 96.6 cm³/mol. The zero-order valence-corrected chi connectivity index (χ0v) is 14.3. The first-order chi connectivity index (χ1) is 11.2. The molecule has 4 nitrogen and oxygen atoms in total. The monoisotopic (exact) mass is 327 g/mol. The molecule has 0 radical (unpaired) electrons. The summed E-state index contributed by atoms with van der Waals surface area (Å²) < 4.78 is 0. The summed E-state index contributed by atoms with van der Waals surface area (Å²) in [7, 11) is 4.20. The molecule has 0 saturated carbocycles. The van der Waals surface area contributed by atoms with Crippen molar-refractivity contribution in [1.82, 2.24) is 4.90 Å². The second-order valence-corrected chi connectivity index (χ2v) is 6.93. The second-order valence-electron chi connectivity index (χ2n) is 5.85. The van der Waals surface area contributed by atoms with Gasteiger partial charge in [0.05, 0.1) is 17.6 Å². The van der Waals surface area contributed by atoms with E-state index in [1.54, 1.807) is 11.8 Å². The van der Waals surface area contributed by atoms with Crippen molar-refractivity contribution in [3.05, 3.63) is 48.0 Å². The maximum Gasteiger partial charge on any atom is 0.0734 e. The minimum Gasteiger partial charge on any atom is -0.411 e. The molecular formula is C18H21N3OS. The van der Waals surface area contributed by atoms with Crippen LogP contribution >= 0.6 is 11.8 Å². The molecule has 0 atom stereocenters. The molecule has 0 bridgehead atoms. The van der Waals surface area contributed by atoms with E-state index in [4.69, 9.17) is 5.21 Å². The smallest absolute Gasteiger partial charge is 0.0734 e. The predicted octanol–water partition coefficient (Wildman–Crippen LogP) is 4.05. The van der Waals surface area contributed by atoms with Gasteiger partial charge in [-0.2, -0.15) is 0 Å². The fourth-order valence-electron chi connectivity index (χ4n) is 2.78. The Hall–Kier alpha value is -1.98. The first kappa shape index (κ1) is 15.9. The van der Waals surface area contributed by atoms with E-state index < -0.39 is 0 Å². The summed E-state index contributed by atoms with van der Waals surface area (Å²) in [4.78, 5) is 7.11. The fraction of sp³-hybridized carbons (Fsp3) is 0.278. The zero-order chi connectivity index (χ0) is 16.2. The molecule has 3 rings (SSSR count). The van der Waals surface area contributed by atoms with Gasteiger partial charge in [0.15, 0.2) is 0 Å². The van der Waals surface area contributed by atoms with Crippen LogP contribution in [0, 0.1) is 0 Å². The molecule has 0 amide bonds. The molecule has 1 aliphatic rings. The highest BCUT2D eigenvalue weighted by Crippen LogP contribution is 2.48. The molecule has 120 valence electrons. The van der Waals surface area contributed by atoms with Gasteiger partial charge in [-0.1, -0.05) is 35.1 Å². The first-order valence-corrected chi connectivity index (χ1v) is 8.51. The minimum atomic E-state index is 0.906. The largest absolute Gasteiger partial charge is 0.411 e. The summed E-state index contributed by atoms with van der Waals surface area (Å²) in [5.74, 6) is 0. The van der Waals surface area contributed by atoms with Crippen LogP contribution in [0.5, 0.6) is 0 Å². The number of para-hydroxylation sites is 1. The summed E-state index contributed by atoms with van der Waals surface area (Å²) >= 11 is 1.79. The average molecular weight is 327 g/mol. The summed E-state index contributed by atoms with van der Waals surface area (Å²) in [6.45, 7) is 2.02. The third-order valence-corrected chi connectivity index (χ3v) is 4.97. The van der Waals surface area contributed by atoms with Crippen LogP contribution in [0.1, 0.15) is 12.0 Å². The lowest BCUT2D eigenvalue weighted by molar-refractivity contribution is 0.322. The van der Waals surface area contributed by atoms with Gasteiger partial charge in [-0.15, -0.1) is 0 Å². The molecule has 5 heteroatoms. The summed E-state index contributed by atoms with van der Waals surface area (Å²) in [5, 5.41) is 11.9. The van der Waals surface area contributed by atoms with Gasteiger partial charge >= 0.3 is 0 Å². The van der Waals surface area contributed by atoms with Crippen molar-refractivity contribution in [2.24, 2.45) is 5.16 Å². The topological polar surface area (TPSA) is 39.1 Å². The van der Waals surface area contributed by atoms with E-state index >= 15 is 0 Å². The molecule has 1 N–H and O–H groups in total. The number of nitrogens with zero attached hydrogens (tertiary/aromatic N) is 3. The molecule has 0 spiro atoms. The van der Waals surface area contributed by atoms with Gasteiger partial charge in [0.1, 0.15) is 0 Å². The molecule has 0 aliphatic carbocycles. The lowest BCUT2D eigenvalue weighted by Gasteiger charge is -2.33. The van der Waals surface area contributed by atoms with E-state index in [9.17, 15) is 0 Å². The van der Waals surface area contributed by atoms with Crippen molar-refractivity contribution in [1.29, 1.82) is 0 Å². The molecule has 0 saturated heterocycles. The quantitative estimate of drug-likeness (QED) is 0.511. The standard InChI is InChI=1S/C18H21N3OS/c1-20(2)10-5-11-21-15-6-3-4-7-17(15)23-18-9-8-14(13-19-22)12-16(18)21/h3-4,6-9,12-13,22H,5,10-11H2,1-2H3/b19-13+. The van der Waals surface area contributed by atoms with Crippen LogP contribution in [0.25, 0.3) is 0 Å². The van der Waals surface area contributed by atoms with Crippen LogP contribution < -0.4 is 4.90 Å². The Balaban J connectivity index is 1.96. The van der Waals surface area contributed by atoms with Gasteiger partial charge in [0, 0.05) is 16.3 Å². The van der Waals surface area contributed by atoms with Crippen LogP contribution in [0.4, 0.5) is 11.4 Å². The molecule has 1 heterocycles. The number of oxime groups is 1. The Labute approximate surface area is 141 Å². The van der Waals surface area contributed by atoms with Crippen LogP contribution in [-0.2, 0) is 0 Å². The summed E-state index contributed by atoms with van der Waals surface area (Å²) in [5.41, 5.74) is 3.34. The van der Waals surface area contributed by atoms with Crippen LogP contribution in [-0.4, -0.2) is 43.5 Å². The van der Waals surface area contributed by atoms with Crippen molar-refractivity contribution < 1.29 is 5.21 Å². The van der Waals surface area contributed by atoms with E-state index in [0.29, 0.717) is 0 Å². The van der Waals surface area contributed by atoms with Crippen molar-refractivity contribution in [3.63, 3.8) is 0 Å². The van der Waals surface area contributed by atoms with Crippen LogP contribution in [0.2, 0.25) is 0 Å². The van der Waals surface area contributed by atoms with E-state index in [2.05, 4.69) is 65.4 Å².